The molecule has 0 saturated carbocycles. The number of carbonyl (C=O) groups is 1. The smallest absolute Gasteiger partial charge is 0.223 e. The third-order valence-corrected chi connectivity index (χ3v) is 5.92. The maximum Gasteiger partial charge on any atom is 0.223 e. The van der Waals surface area contributed by atoms with Crippen LogP contribution >= 0.6 is 0 Å². The Hall–Kier alpha value is -3.26. The first-order valence-electron chi connectivity index (χ1n) is 10.8. The zero-order chi connectivity index (χ0) is 21.0. The Bertz CT molecular complexity index is 1090. The number of hydrogen-bond donors (Lipinski definition) is 0. The number of benzene rings is 1. The van der Waals surface area contributed by atoms with Gasteiger partial charge in [0.25, 0.3) is 0 Å². The molecule has 0 unspecified atom stereocenters. The van der Waals surface area contributed by atoms with Crippen molar-refractivity contribution < 1.29 is 9.53 Å². The quantitative estimate of drug-likeness (QED) is 0.632. The van der Waals surface area contributed by atoms with Gasteiger partial charge in [0.05, 0.1) is 13.2 Å². The van der Waals surface area contributed by atoms with Crippen molar-refractivity contribution in [2.75, 3.05) is 44.3 Å². The van der Waals surface area contributed by atoms with Gasteiger partial charge in [-0.1, -0.05) is 36.4 Å². The van der Waals surface area contributed by atoms with Gasteiger partial charge in [-0.2, -0.15) is 4.52 Å². The van der Waals surface area contributed by atoms with E-state index in [2.05, 4.69) is 45.4 Å². The van der Waals surface area contributed by atoms with E-state index in [4.69, 9.17) is 9.84 Å². The summed E-state index contributed by atoms with van der Waals surface area (Å²) >= 11 is 0. The molecule has 0 N–H and O–H groups in total. The molecule has 160 valence electrons. The first-order chi connectivity index (χ1) is 15.3. The number of anilines is 1. The summed E-state index contributed by atoms with van der Waals surface area (Å²) in [5.74, 6) is 1.75. The summed E-state index contributed by atoms with van der Waals surface area (Å²) in [6.45, 7) is 4.46. The van der Waals surface area contributed by atoms with E-state index in [1.807, 2.05) is 23.1 Å². The van der Waals surface area contributed by atoms with Gasteiger partial charge in [0.15, 0.2) is 11.5 Å². The van der Waals surface area contributed by atoms with Gasteiger partial charge >= 0.3 is 0 Å². The van der Waals surface area contributed by atoms with Gasteiger partial charge in [0.1, 0.15) is 5.82 Å². The molecule has 0 spiro atoms. The number of amides is 1. The monoisotopic (exact) mass is 418 g/mol. The van der Waals surface area contributed by atoms with Crippen molar-refractivity contribution in [2.24, 2.45) is 0 Å². The average molecular weight is 419 g/mol. The first kappa shape index (κ1) is 19.7. The van der Waals surface area contributed by atoms with E-state index >= 15 is 0 Å². The molecule has 0 radical (unpaired) electrons. The molecule has 0 bridgehead atoms. The molecule has 1 fully saturated rings. The van der Waals surface area contributed by atoms with Crippen LogP contribution in [-0.2, 0) is 16.0 Å². The molecule has 2 aliphatic rings. The molecule has 0 atom stereocenters. The maximum absolute atomic E-state index is 12.8. The summed E-state index contributed by atoms with van der Waals surface area (Å²) in [6.07, 6.45) is 3.97. The van der Waals surface area contributed by atoms with Crippen LogP contribution in [0.2, 0.25) is 0 Å². The van der Waals surface area contributed by atoms with Gasteiger partial charge in [-0.15, -0.1) is 15.3 Å². The Balaban J connectivity index is 1.22. The summed E-state index contributed by atoms with van der Waals surface area (Å²) in [7, 11) is 0. The fourth-order valence-corrected chi connectivity index (χ4v) is 4.13. The van der Waals surface area contributed by atoms with Gasteiger partial charge in [0, 0.05) is 39.0 Å². The van der Waals surface area contributed by atoms with Crippen molar-refractivity contribution in [1.29, 1.82) is 0 Å². The van der Waals surface area contributed by atoms with Crippen molar-refractivity contribution in [1.82, 2.24) is 24.7 Å². The number of morpholine rings is 1. The number of carbonyl (C=O) groups excluding carboxylic acids is 1. The van der Waals surface area contributed by atoms with Crippen molar-refractivity contribution in [3.63, 3.8) is 0 Å². The topological polar surface area (TPSA) is 75.9 Å². The van der Waals surface area contributed by atoms with E-state index < -0.39 is 0 Å². The standard InChI is InChI=1S/C23H26N6O2/c30-23(28-12-10-19(11-13-28)18-4-2-1-3-5-18)9-8-21-25-24-20-6-7-22(26-29(20)21)27-14-16-31-17-15-27/h1-7,10H,8-9,11-17H2. The highest BCUT2D eigenvalue weighted by Crippen LogP contribution is 2.22. The Morgan fingerprint density at radius 2 is 1.84 bits per heavy atom. The van der Waals surface area contributed by atoms with Crippen LogP contribution in [0, 0.1) is 0 Å². The normalized spacial score (nSPS) is 17.1. The number of hydrogen-bond acceptors (Lipinski definition) is 6. The highest BCUT2D eigenvalue weighted by atomic mass is 16.5. The van der Waals surface area contributed by atoms with E-state index in [1.54, 1.807) is 4.52 Å². The second kappa shape index (κ2) is 8.85. The van der Waals surface area contributed by atoms with E-state index in [9.17, 15) is 4.79 Å². The molecule has 1 amide bonds. The molecule has 1 aromatic carbocycles. The van der Waals surface area contributed by atoms with Gasteiger partial charge < -0.3 is 14.5 Å². The predicted octanol–water partition coefficient (Wildman–Crippen LogP) is 2.21. The van der Waals surface area contributed by atoms with Crippen LogP contribution < -0.4 is 4.90 Å². The third kappa shape index (κ3) is 4.29. The van der Waals surface area contributed by atoms with Crippen molar-refractivity contribution in [3.8, 4) is 0 Å². The number of ether oxygens (including phenoxy) is 1. The van der Waals surface area contributed by atoms with Crippen molar-refractivity contribution in [3.05, 3.63) is 59.9 Å². The molecule has 8 heteroatoms. The summed E-state index contributed by atoms with van der Waals surface area (Å²) < 4.78 is 7.19. The van der Waals surface area contributed by atoms with Crippen LogP contribution in [0.3, 0.4) is 0 Å². The summed E-state index contributed by atoms with van der Waals surface area (Å²) in [4.78, 5) is 16.9. The maximum atomic E-state index is 12.8. The summed E-state index contributed by atoms with van der Waals surface area (Å²) in [5, 5.41) is 13.2. The fourth-order valence-electron chi connectivity index (χ4n) is 4.13. The Morgan fingerprint density at radius 1 is 1.00 bits per heavy atom. The molecule has 4 heterocycles. The van der Waals surface area contributed by atoms with E-state index in [0.717, 1.165) is 37.7 Å². The van der Waals surface area contributed by atoms with Gasteiger partial charge in [-0.3, -0.25) is 4.79 Å². The molecule has 1 saturated heterocycles. The number of nitrogens with zero attached hydrogens (tertiary/aromatic N) is 6. The van der Waals surface area contributed by atoms with Gasteiger partial charge in [-0.25, -0.2) is 0 Å². The fraction of sp³-hybridized carbons (Fsp3) is 0.391. The zero-order valence-electron chi connectivity index (χ0n) is 17.5. The number of fused-ring (bicyclic) bond motifs is 1. The van der Waals surface area contributed by atoms with Crippen molar-refractivity contribution >= 4 is 22.9 Å². The number of aromatic nitrogens is 4. The predicted molar refractivity (Wildman–Crippen MR) is 118 cm³/mol. The van der Waals surface area contributed by atoms with Crippen LogP contribution in [0.25, 0.3) is 11.2 Å². The second-order valence-electron chi connectivity index (χ2n) is 7.86. The molecule has 5 rings (SSSR count). The van der Waals surface area contributed by atoms with Crippen molar-refractivity contribution in [2.45, 2.75) is 19.3 Å². The minimum absolute atomic E-state index is 0.143. The Morgan fingerprint density at radius 3 is 2.61 bits per heavy atom. The molecule has 8 nitrogen and oxygen atoms in total. The molecular formula is C23H26N6O2. The largest absolute Gasteiger partial charge is 0.378 e. The highest BCUT2D eigenvalue weighted by molar-refractivity contribution is 5.78. The van der Waals surface area contributed by atoms with Crippen LogP contribution in [0.1, 0.15) is 24.2 Å². The summed E-state index contributed by atoms with van der Waals surface area (Å²) in [6, 6.07) is 14.3. The lowest BCUT2D eigenvalue weighted by Crippen LogP contribution is -2.37. The van der Waals surface area contributed by atoms with Crippen LogP contribution in [0.4, 0.5) is 5.82 Å². The Kier molecular flexibility index (Phi) is 5.62. The van der Waals surface area contributed by atoms with Gasteiger partial charge in [0.2, 0.25) is 5.91 Å². The minimum atomic E-state index is 0.143. The van der Waals surface area contributed by atoms with Gasteiger partial charge in [-0.05, 0) is 29.7 Å². The Labute approximate surface area is 181 Å². The molecule has 31 heavy (non-hydrogen) atoms. The lowest BCUT2D eigenvalue weighted by atomic mass is 9.99. The molecule has 2 aromatic heterocycles. The molecule has 2 aliphatic heterocycles. The third-order valence-electron chi connectivity index (χ3n) is 5.92. The zero-order valence-corrected chi connectivity index (χ0v) is 17.5. The second-order valence-corrected chi connectivity index (χ2v) is 7.86. The van der Waals surface area contributed by atoms with Crippen LogP contribution in [0.5, 0.6) is 0 Å². The average Bonchev–Trinajstić information content (AvgIpc) is 3.26. The van der Waals surface area contributed by atoms with E-state index in [-0.39, 0.29) is 5.91 Å². The van der Waals surface area contributed by atoms with E-state index in [0.29, 0.717) is 38.2 Å². The van der Waals surface area contributed by atoms with Crippen LogP contribution in [0.15, 0.2) is 48.5 Å². The molecule has 0 aliphatic carbocycles. The summed E-state index contributed by atoms with van der Waals surface area (Å²) in [5.41, 5.74) is 3.26. The molecular weight excluding hydrogens is 392 g/mol. The lowest BCUT2D eigenvalue weighted by Gasteiger charge is -2.27. The van der Waals surface area contributed by atoms with Crippen LogP contribution in [-0.4, -0.2) is 70.0 Å². The van der Waals surface area contributed by atoms with E-state index in [1.165, 1.54) is 11.1 Å². The number of aryl methyl sites for hydroxylation is 1. The highest BCUT2D eigenvalue weighted by Gasteiger charge is 2.20. The number of rotatable bonds is 5. The minimum Gasteiger partial charge on any atom is -0.378 e. The SMILES string of the molecule is O=C(CCc1nnc2ccc(N3CCOCC3)nn12)N1CC=C(c2ccccc2)CC1. The molecule has 3 aromatic rings. The first-order valence-corrected chi connectivity index (χ1v) is 10.8. The lowest BCUT2D eigenvalue weighted by molar-refractivity contribution is -0.130.